The van der Waals surface area contributed by atoms with Gasteiger partial charge in [0.15, 0.2) is 0 Å². The van der Waals surface area contributed by atoms with Gasteiger partial charge in [-0.15, -0.1) is 11.3 Å². The second kappa shape index (κ2) is 8.37. The molecule has 6 heteroatoms. The molecule has 2 heterocycles. The molecule has 1 fully saturated rings. The Labute approximate surface area is 168 Å². The van der Waals surface area contributed by atoms with Crippen LogP contribution in [0.1, 0.15) is 35.9 Å². The smallest absolute Gasteiger partial charge is 0.236 e. The number of halogens is 1. The number of rotatable bonds is 5. The zero-order valence-corrected chi connectivity index (χ0v) is 16.8. The summed E-state index contributed by atoms with van der Waals surface area (Å²) in [6, 6.07) is 14.7. The van der Waals surface area contributed by atoms with E-state index in [0.717, 1.165) is 41.9 Å². The quantitative estimate of drug-likeness (QED) is 0.630. The van der Waals surface area contributed by atoms with Gasteiger partial charge in [0.25, 0.3) is 0 Å². The van der Waals surface area contributed by atoms with Gasteiger partial charge in [-0.1, -0.05) is 30.7 Å². The van der Waals surface area contributed by atoms with E-state index in [-0.39, 0.29) is 17.8 Å². The number of amides is 1. The van der Waals surface area contributed by atoms with Crippen molar-refractivity contribution in [3.63, 3.8) is 0 Å². The normalized spacial score (nSPS) is 17.7. The molecule has 1 aliphatic heterocycles. The van der Waals surface area contributed by atoms with Crippen LogP contribution >= 0.6 is 11.3 Å². The Kier molecular flexibility index (Phi) is 5.69. The van der Waals surface area contributed by atoms with Crippen LogP contribution in [-0.2, 0) is 11.3 Å². The molecule has 0 spiro atoms. The first kappa shape index (κ1) is 19.0. The van der Waals surface area contributed by atoms with Crippen LogP contribution in [0, 0.1) is 5.82 Å². The number of para-hydroxylation sites is 1. The molecule has 28 heavy (non-hydrogen) atoms. The molecular weight excluding hydrogens is 373 g/mol. The summed E-state index contributed by atoms with van der Waals surface area (Å²) >= 11 is 1.73. The van der Waals surface area contributed by atoms with Crippen LogP contribution in [-0.4, -0.2) is 40.8 Å². The van der Waals surface area contributed by atoms with Crippen LogP contribution in [0.25, 0.3) is 10.2 Å². The minimum absolute atomic E-state index is 0.0809. The molecule has 1 amide bonds. The largest absolute Gasteiger partial charge is 0.340 e. The van der Waals surface area contributed by atoms with Gasteiger partial charge in [-0.25, -0.2) is 9.37 Å². The van der Waals surface area contributed by atoms with Crippen molar-refractivity contribution < 1.29 is 9.18 Å². The first-order valence-electron chi connectivity index (χ1n) is 9.68. The zero-order valence-electron chi connectivity index (χ0n) is 16.0. The first-order chi connectivity index (χ1) is 13.6. The second-order valence-electron chi connectivity index (χ2n) is 7.38. The molecule has 146 valence electrons. The average molecular weight is 398 g/mol. The summed E-state index contributed by atoms with van der Waals surface area (Å²) in [6.45, 7) is 1.79. The molecular formula is C22H24FN3OS. The van der Waals surface area contributed by atoms with Gasteiger partial charge >= 0.3 is 0 Å². The van der Waals surface area contributed by atoms with Crippen LogP contribution in [0.5, 0.6) is 0 Å². The lowest BCUT2D eigenvalue weighted by molar-refractivity contribution is -0.132. The predicted octanol–water partition coefficient (Wildman–Crippen LogP) is 4.62. The van der Waals surface area contributed by atoms with Crippen LogP contribution in [0.4, 0.5) is 4.39 Å². The van der Waals surface area contributed by atoms with E-state index in [4.69, 9.17) is 4.98 Å². The second-order valence-corrected chi connectivity index (χ2v) is 8.44. The van der Waals surface area contributed by atoms with Gasteiger partial charge < -0.3 is 4.90 Å². The highest BCUT2D eigenvalue weighted by molar-refractivity contribution is 7.18. The minimum atomic E-state index is -0.260. The third-order valence-electron chi connectivity index (χ3n) is 5.31. The van der Waals surface area contributed by atoms with Crippen molar-refractivity contribution in [3.05, 3.63) is 64.9 Å². The molecule has 1 atom stereocenters. The van der Waals surface area contributed by atoms with Crippen molar-refractivity contribution in [3.8, 4) is 0 Å². The maximum absolute atomic E-state index is 13.1. The van der Waals surface area contributed by atoms with E-state index >= 15 is 0 Å². The van der Waals surface area contributed by atoms with E-state index in [2.05, 4.69) is 11.0 Å². The number of piperidine rings is 1. The summed E-state index contributed by atoms with van der Waals surface area (Å²) < 4.78 is 14.3. The van der Waals surface area contributed by atoms with E-state index < -0.39 is 0 Å². The zero-order chi connectivity index (χ0) is 19.5. The third kappa shape index (κ3) is 4.23. The number of fused-ring (bicyclic) bond motifs is 1. The highest BCUT2D eigenvalue weighted by Gasteiger charge is 2.29. The van der Waals surface area contributed by atoms with Crippen LogP contribution in [0.3, 0.4) is 0 Å². The Morgan fingerprint density at radius 3 is 2.79 bits per heavy atom. The van der Waals surface area contributed by atoms with Gasteiger partial charge in [0, 0.05) is 13.6 Å². The monoisotopic (exact) mass is 397 g/mol. The fourth-order valence-electron chi connectivity index (χ4n) is 3.74. The number of carbonyl (C=O) groups excluding carboxylic acids is 1. The van der Waals surface area contributed by atoms with Gasteiger partial charge in [-0.2, -0.15) is 0 Å². The molecule has 0 bridgehead atoms. The number of likely N-dealkylation sites (N-methyl/N-ethyl adjacent to an activating group) is 1. The van der Waals surface area contributed by atoms with E-state index in [1.807, 2.05) is 25.2 Å². The lowest BCUT2D eigenvalue weighted by atomic mass is 10.0. The standard InChI is InChI=1S/C22H24FN3OS/c1-25(14-16-9-11-17(23)12-10-16)21(27)15-26-13-5-4-7-19(26)22-24-18-6-2-3-8-20(18)28-22/h2-3,6,8-12,19H,4-5,7,13-15H2,1H3/t19-/m0/s1. The lowest BCUT2D eigenvalue weighted by Crippen LogP contribution is -2.42. The number of benzene rings is 2. The van der Waals surface area contributed by atoms with Crippen molar-refractivity contribution in [2.45, 2.75) is 31.8 Å². The van der Waals surface area contributed by atoms with Crippen LogP contribution in [0.15, 0.2) is 48.5 Å². The van der Waals surface area contributed by atoms with E-state index in [1.165, 1.54) is 16.8 Å². The number of hydrogen-bond donors (Lipinski definition) is 0. The van der Waals surface area contributed by atoms with E-state index in [9.17, 15) is 9.18 Å². The van der Waals surface area contributed by atoms with Gasteiger partial charge in [-0.05, 0) is 49.2 Å². The Morgan fingerprint density at radius 1 is 1.21 bits per heavy atom. The number of hydrogen-bond acceptors (Lipinski definition) is 4. The van der Waals surface area contributed by atoms with Crippen molar-refractivity contribution in [2.75, 3.05) is 20.1 Å². The summed E-state index contributed by atoms with van der Waals surface area (Å²) in [5, 5.41) is 1.11. The van der Waals surface area contributed by atoms with E-state index in [0.29, 0.717) is 13.1 Å². The summed E-state index contributed by atoms with van der Waals surface area (Å²) in [6.07, 6.45) is 3.31. The lowest BCUT2D eigenvalue weighted by Gasteiger charge is -2.34. The summed E-state index contributed by atoms with van der Waals surface area (Å²) in [5.74, 6) is -0.179. The van der Waals surface area contributed by atoms with Crippen molar-refractivity contribution in [1.29, 1.82) is 0 Å². The highest BCUT2D eigenvalue weighted by atomic mass is 32.1. The number of carbonyl (C=O) groups is 1. The Hall–Kier alpha value is -2.31. The fourth-order valence-corrected chi connectivity index (χ4v) is 4.88. The topological polar surface area (TPSA) is 36.4 Å². The summed E-state index contributed by atoms with van der Waals surface area (Å²) in [5.41, 5.74) is 1.96. The SMILES string of the molecule is CN(Cc1ccc(F)cc1)C(=O)CN1CCCC[C@H]1c1nc2ccccc2s1. The molecule has 0 unspecified atom stereocenters. The molecule has 1 aliphatic rings. The Bertz CT molecular complexity index is 923. The molecule has 2 aromatic carbocycles. The predicted molar refractivity (Wildman–Crippen MR) is 111 cm³/mol. The molecule has 3 aromatic rings. The maximum Gasteiger partial charge on any atom is 0.236 e. The fraction of sp³-hybridized carbons (Fsp3) is 0.364. The number of aromatic nitrogens is 1. The molecule has 0 N–H and O–H groups in total. The Morgan fingerprint density at radius 2 is 2.00 bits per heavy atom. The van der Waals surface area contributed by atoms with Crippen LogP contribution < -0.4 is 0 Å². The molecule has 4 rings (SSSR count). The number of likely N-dealkylation sites (tertiary alicyclic amines) is 1. The molecule has 1 saturated heterocycles. The minimum Gasteiger partial charge on any atom is -0.340 e. The summed E-state index contributed by atoms with van der Waals surface area (Å²) in [4.78, 5) is 21.6. The van der Waals surface area contributed by atoms with Crippen LogP contribution in [0.2, 0.25) is 0 Å². The molecule has 0 saturated carbocycles. The van der Waals surface area contributed by atoms with E-state index in [1.54, 1.807) is 28.4 Å². The van der Waals surface area contributed by atoms with Gasteiger partial charge in [0.2, 0.25) is 5.91 Å². The molecule has 0 radical (unpaired) electrons. The average Bonchev–Trinajstić information content (AvgIpc) is 3.14. The summed E-state index contributed by atoms with van der Waals surface area (Å²) in [7, 11) is 1.81. The first-order valence-corrected chi connectivity index (χ1v) is 10.5. The number of nitrogens with zero attached hydrogens (tertiary/aromatic N) is 3. The highest BCUT2D eigenvalue weighted by Crippen LogP contribution is 2.35. The third-order valence-corrected chi connectivity index (χ3v) is 6.44. The van der Waals surface area contributed by atoms with Crippen molar-refractivity contribution in [1.82, 2.24) is 14.8 Å². The Balaban J connectivity index is 1.45. The van der Waals surface area contributed by atoms with Gasteiger partial charge in [0.1, 0.15) is 10.8 Å². The van der Waals surface area contributed by atoms with Gasteiger partial charge in [0.05, 0.1) is 22.8 Å². The van der Waals surface area contributed by atoms with Crippen molar-refractivity contribution in [2.24, 2.45) is 0 Å². The molecule has 1 aromatic heterocycles. The van der Waals surface area contributed by atoms with Gasteiger partial charge in [-0.3, -0.25) is 9.69 Å². The number of thiazole rings is 1. The van der Waals surface area contributed by atoms with Crippen molar-refractivity contribution >= 4 is 27.5 Å². The maximum atomic E-state index is 13.1. The molecule has 4 nitrogen and oxygen atoms in total. The molecule has 0 aliphatic carbocycles.